The number of fused-ring (bicyclic) bond motifs is 4. The molecule has 5 N–H and O–H groups in total. The molecule has 3 aromatic carbocycles. The van der Waals surface area contributed by atoms with Crippen molar-refractivity contribution in [3.63, 3.8) is 0 Å². The van der Waals surface area contributed by atoms with Crippen LogP contribution in [0.25, 0.3) is 10.1 Å². The van der Waals surface area contributed by atoms with Crippen LogP contribution in [0.5, 0.6) is 5.75 Å². The molecule has 2 atom stereocenters. The van der Waals surface area contributed by atoms with Crippen molar-refractivity contribution in [3.8, 4) is 5.75 Å². The highest BCUT2D eigenvalue weighted by Gasteiger charge is 2.48. The van der Waals surface area contributed by atoms with E-state index in [1.807, 2.05) is 49.4 Å². The molecule has 3 amide bonds. The minimum absolute atomic E-state index is 0.0794. The number of nitrogens with two attached hydrogens (primary N) is 1. The maximum Gasteiger partial charge on any atom is 0.251 e. The smallest absolute Gasteiger partial charge is 0.251 e. The van der Waals surface area contributed by atoms with Gasteiger partial charge in [-0.3, -0.25) is 14.4 Å². The molecule has 3 aliphatic carbocycles. The number of thiophene rings is 1. The molecule has 3 aliphatic rings. The third-order valence-corrected chi connectivity index (χ3v) is 11.6. The van der Waals surface area contributed by atoms with Crippen molar-refractivity contribution in [1.82, 2.24) is 16.0 Å². The highest BCUT2D eigenvalue weighted by Crippen LogP contribution is 2.56. The van der Waals surface area contributed by atoms with Crippen LogP contribution in [0.15, 0.2) is 84.2 Å². The Balaban J connectivity index is 1.22. The first-order valence-electron chi connectivity index (χ1n) is 17.1. The van der Waals surface area contributed by atoms with E-state index in [0.717, 1.165) is 72.0 Å². The van der Waals surface area contributed by atoms with Crippen molar-refractivity contribution >= 4 is 39.1 Å². The van der Waals surface area contributed by atoms with E-state index in [2.05, 4.69) is 33.5 Å². The van der Waals surface area contributed by atoms with Gasteiger partial charge in [0.2, 0.25) is 11.8 Å². The van der Waals surface area contributed by atoms with Crippen molar-refractivity contribution in [3.05, 3.63) is 101 Å². The number of carbonyl (C=O) groups is 3. The molecular weight excluding hydrogens is 621 g/mol. The number of benzene rings is 3. The molecule has 0 saturated heterocycles. The van der Waals surface area contributed by atoms with E-state index in [4.69, 9.17) is 10.5 Å². The molecule has 9 heteroatoms. The fourth-order valence-electron chi connectivity index (χ4n) is 7.37. The lowest BCUT2D eigenvalue weighted by molar-refractivity contribution is -0.130. The second kappa shape index (κ2) is 14.9. The maximum atomic E-state index is 14.2. The van der Waals surface area contributed by atoms with E-state index in [1.165, 1.54) is 0 Å². The minimum Gasteiger partial charge on any atom is -0.494 e. The van der Waals surface area contributed by atoms with Crippen LogP contribution in [-0.2, 0) is 22.4 Å². The average molecular weight is 667 g/mol. The van der Waals surface area contributed by atoms with E-state index >= 15 is 0 Å². The summed E-state index contributed by atoms with van der Waals surface area (Å²) in [7, 11) is 0. The minimum atomic E-state index is -0.912. The molecule has 3 fully saturated rings. The van der Waals surface area contributed by atoms with Crippen molar-refractivity contribution in [1.29, 1.82) is 0 Å². The second-order valence-corrected chi connectivity index (χ2v) is 14.5. The van der Waals surface area contributed by atoms with E-state index < -0.39 is 18.0 Å². The quantitative estimate of drug-likeness (QED) is 0.136. The molecule has 8 nitrogen and oxygen atoms in total. The van der Waals surface area contributed by atoms with Crippen molar-refractivity contribution < 1.29 is 19.1 Å². The number of ether oxygens (including phenoxy) is 1. The Morgan fingerprint density at radius 3 is 2.12 bits per heavy atom. The normalized spacial score (nSPS) is 21.3. The predicted octanol–water partition coefficient (Wildman–Crippen LogP) is 5.78. The molecule has 4 aromatic rings. The summed E-state index contributed by atoms with van der Waals surface area (Å²) >= 11 is 1.63. The van der Waals surface area contributed by atoms with Gasteiger partial charge in [0.1, 0.15) is 17.8 Å². The largest absolute Gasteiger partial charge is 0.494 e. The summed E-state index contributed by atoms with van der Waals surface area (Å²) in [4.78, 5) is 41.5. The number of carbonyl (C=O) groups excluding carboxylic acids is 3. The van der Waals surface area contributed by atoms with Gasteiger partial charge in [0.25, 0.3) is 5.91 Å². The number of hydrogen-bond donors (Lipinski definition) is 4. The average Bonchev–Trinajstić information content (AvgIpc) is 3.54. The molecule has 2 bridgehead atoms. The van der Waals surface area contributed by atoms with Gasteiger partial charge in [-0.25, -0.2) is 0 Å². The van der Waals surface area contributed by atoms with Crippen LogP contribution in [0, 0.1) is 10.8 Å². The zero-order valence-corrected chi connectivity index (χ0v) is 28.5. The Labute approximate surface area is 286 Å². The van der Waals surface area contributed by atoms with Gasteiger partial charge in [-0.1, -0.05) is 48.5 Å². The first kappa shape index (κ1) is 33.7. The summed E-state index contributed by atoms with van der Waals surface area (Å²) in [6, 6.07) is 22.7. The van der Waals surface area contributed by atoms with E-state index in [0.29, 0.717) is 25.1 Å². The van der Waals surface area contributed by atoms with E-state index in [1.54, 1.807) is 35.6 Å². The molecule has 0 radical (unpaired) electrons. The summed E-state index contributed by atoms with van der Waals surface area (Å²) in [6.07, 6.45) is 7.09. The van der Waals surface area contributed by atoms with Crippen molar-refractivity contribution in [2.45, 2.75) is 70.4 Å². The van der Waals surface area contributed by atoms with Gasteiger partial charge < -0.3 is 26.4 Å². The SMILES string of the molecule is CCOc1ccc(CC(NC(=O)c2ccccc2)C(=O)NC(Cc2csc3ccccc23)C(=O)NCC23CCC(CN)(CC2)CC3)cc1. The number of nitrogens with one attached hydrogen (secondary N) is 3. The molecule has 48 heavy (non-hydrogen) atoms. The second-order valence-electron chi connectivity index (χ2n) is 13.6. The maximum absolute atomic E-state index is 14.2. The molecule has 1 heterocycles. The first-order chi connectivity index (χ1) is 23.3. The van der Waals surface area contributed by atoms with Gasteiger partial charge in [-0.2, -0.15) is 0 Å². The highest BCUT2D eigenvalue weighted by molar-refractivity contribution is 7.17. The van der Waals surface area contributed by atoms with Gasteiger partial charge in [0.05, 0.1) is 6.61 Å². The fourth-order valence-corrected chi connectivity index (χ4v) is 8.34. The van der Waals surface area contributed by atoms with Crippen molar-refractivity contribution in [2.75, 3.05) is 19.7 Å². The van der Waals surface area contributed by atoms with Gasteiger partial charge in [0, 0.05) is 29.6 Å². The number of amides is 3. The van der Waals surface area contributed by atoms with Crippen LogP contribution >= 0.6 is 11.3 Å². The van der Waals surface area contributed by atoms with Gasteiger partial charge in [-0.15, -0.1) is 11.3 Å². The van der Waals surface area contributed by atoms with Gasteiger partial charge in [-0.05, 0) is 115 Å². The molecule has 0 spiro atoms. The van der Waals surface area contributed by atoms with Crippen LogP contribution < -0.4 is 26.4 Å². The van der Waals surface area contributed by atoms with Crippen LogP contribution in [0.4, 0.5) is 0 Å². The first-order valence-corrected chi connectivity index (χ1v) is 18.0. The van der Waals surface area contributed by atoms with E-state index in [9.17, 15) is 14.4 Å². The van der Waals surface area contributed by atoms with Crippen LogP contribution in [-0.4, -0.2) is 49.5 Å². The molecule has 1 aromatic heterocycles. The zero-order chi connectivity index (χ0) is 33.6. The molecule has 2 unspecified atom stereocenters. The summed E-state index contributed by atoms with van der Waals surface area (Å²) in [5.74, 6) is -0.231. The molecular formula is C39H46N4O4S. The monoisotopic (exact) mass is 666 g/mol. The topological polar surface area (TPSA) is 123 Å². The Hall–Kier alpha value is -4.21. The standard InChI is InChI=1S/C39H46N4O4S/c1-2-47-30-14-12-27(13-15-30)22-32(42-35(44)28-8-4-3-5-9-28)37(46)43-33(23-29-24-48-34-11-7-6-10-31(29)34)36(45)41-26-39-19-16-38(25-40,17-20-39)18-21-39/h3-15,24,32-33H,2,16-23,25-26,40H2,1H3,(H,41,45)(H,42,44)(H,43,46). The Kier molecular flexibility index (Phi) is 10.5. The number of rotatable bonds is 14. The summed E-state index contributed by atoms with van der Waals surface area (Å²) in [6.45, 7) is 3.80. The lowest BCUT2D eigenvalue weighted by Crippen LogP contribution is -2.56. The fraction of sp³-hybridized carbons (Fsp3) is 0.410. The van der Waals surface area contributed by atoms with Crippen LogP contribution in [0.2, 0.25) is 0 Å². The van der Waals surface area contributed by atoms with Crippen molar-refractivity contribution in [2.24, 2.45) is 16.6 Å². The molecule has 0 aliphatic heterocycles. The summed E-state index contributed by atoms with van der Waals surface area (Å²) < 4.78 is 6.72. The summed E-state index contributed by atoms with van der Waals surface area (Å²) in [5.41, 5.74) is 8.82. The molecule has 3 saturated carbocycles. The lowest BCUT2D eigenvalue weighted by atomic mass is 9.54. The zero-order valence-electron chi connectivity index (χ0n) is 27.6. The van der Waals surface area contributed by atoms with Gasteiger partial charge in [0.15, 0.2) is 0 Å². The predicted molar refractivity (Wildman–Crippen MR) is 191 cm³/mol. The molecule has 252 valence electrons. The third-order valence-electron chi connectivity index (χ3n) is 10.6. The van der Waals surface area contributed by atoms with Crippen LogP contribution in [0.1, 0.15) is 66.9 Å². The molecule has 7 rings (SSSR count). The highest BCUT2D eigenvalue weighted by atomic mass is 32.1. The Bertz CT molecular complexity index is 1700. The number of hydrogen-bond acceptors (Lipinski definition) is 6. The Morgan fingerprint density at radius 1 is 0.792 bits per heavy atom. The summed E-state index contributed by atoms with van der Waals surface area (Å²) in [5, 5.41) is 12.4. The van der Waals surface area contributed by atoms with Crippen LogP contribution in [0.3, 0.4) is 0 Å². The third kappa shape index (κ3) is 7.74. The van der Waals surface area contributed by atoms with Gasteiger partial charge >= 0.3 is 0 Å². The van der Waals surface area contributed by atoms with E-state index in [-0.39, 0.29) is 29.1 Å². The lowest BCUT2D eigenvalue weighted by Gasteiger charge is -2.53. The Morgan fingerprint density at radius 2 is 1.44 bits per heavy atom.